The normalized spacial score (nSPS) is 11.7. The fourth-order valence-electron chi connectivity index (χ4n) is 2.14. The molecule has 0 aliphatic rings. The van der Waals surface area contributed by atoms with Gasteiger partial charge in [-0.3, -0.25) is 0 Å². The maximum atomic E-state index is 8.82. The summed E-state index contributed by atoms with van der Waals surface area (Å²) in [6.45, 7) is 6.96. The molecule has 0 aliphatic carbocycles. The van der Waals surface area contributed by atoms with Crippen LogP contribution in [-0.2, 0) is 0 Å². The van der Waals surface area contributed by atoms with E-state index in [9.17, 15) is 0 Å². The van der Waals surface area contributed by atoms with Gasteiger partial charge in [0, 0.05) is 0 Å². The third-order valence-corrected chi connectivity index (χ3v) is 6.41. The van der Waals surface area contributed by atoms with E-state index in [4.69, 9.17) is 5.26 Å². The summed E-state index contributed by atoms with van der Waals surface area (Å²) < 4.78 is 0. The first kappa shape index (κ1) is 15.7. The highest BCUT2D eigenvalue weighted by Crippen LogP contribution is 2.09. The maximum absolute atomic E-state index is 8.82. The molecule has 1 rings (SSSR count). The summed E-state index contributed by atoms with van der Waals surface area (Å²) in [6, 6.07) is 10.3. The molecular weight excluding hydrogens is 246 g/mol. The minimum absolute atomic E-state index is 0.747. The fourth-order valence-corrected chi connectivity index (χ4v) is 4.11. The third kappa shape index (κ3) is 5.44. The molecule has 0 fully saturated rings. The molecule has 0 saturated heterocycles. The van der Waals surface area contributed by atoms with Crippen molar-refractivity contribution in [2.75, 3.05) is 0 Å². The average Bonchev–Trinajstić information content (AvgIpc) is 2.43. The molecule has 0 bridgehead atoms. The number of nitriles is 1. The van der Waals surface area contributed by atoms with Crippen molar-refractivity contribution in [3.63, 3.8) is 0 Å². The molecule has 1 nitrogen and oxygen atoms in total. The van der Waals surface area contributed by atoms with Crippen molar-refractivity contribution < 1.29 is 0 Å². The van der Waals surface area contributed by atoms with Crippen molar-refractivity contribution in [2.45, 2.75) is 52.1 Å². The van der Waals surface area contributed by atoms with E-state index in [0.717, 1.165) is 5.56 Å². The highest BCUT2D eigenvalue weighted by atomic mass is 28.3. The van der Waals surface area contributed by atoms with Gasteiger partial charge >= 0.3 is 0 Å². The summed E-state index contributed by atoms with van der Waals surface area (Å²) in [5.74, 6) is 0. The standard InChI is InChI=1S/C17H25NSi/c1-4-5-6-7-8-9-14-19(2,3)17-12-10-16(15-18)11-13-17/h9-14H,4-8H2,1-3H3/b14-9+. The molecule has 0 aromatic heterocycles. The molecule has 1 aromatic rings. The molecule has 102 valence electrons. The van der Waals surface area contributed by atoms with E-state index in [0.29, 0.717) is 0 Å². The van der Waals surface area contributed by atoms with Crippen LogP contribution in [0, 0.1) is 11.3 Å². The van der Waals surface area contributed by atoms with Crippen LogP contribution in [0.5, 0.6) is 0 Å². The van der Waals surface area contributed by atoms with E-state index in [-0.39, 0.29) is 0 Å². The molecule has 0 N–H and O–H groups in total. The fraction of sp³-hybridized carbons (Fsp3) is 0.471. The number of hydrogen-bond acceptors (Lipinski definition) is 1. The molecular formula is C17H25NSi. The van der Waals surface area contributed by atoms with Gasteiger partial charge in [0.15, 0.2) is 0 Å². The van der Waals surface area contributed by atoms with Gasteiger partial charge in [0.2, 0.25) is 0 Å². The lowest BCUT2D eigenvalue weighted by Gasteiger charge is -2.18. The minimum atomic E-state index is -1.47. The Balaban J connectivity index is 2.54. The number of rotatable bonds is 7. The summed E-state index contributed by atoms with van der Waals surface area (Å²) in [6.07, 6.45) is 8.87. The molecule has 0 spiro atoms. The smallest absolute Gasteiger partial charge is 0.103 e. The van der Waals surface area contributed by atoms with Gasteiger partial charge in [0.25, 0.3) is 0 Å². The van der Waals surface area contributed by atoms with Crippen LogP contribution in [0.1, 0.15) is 44.6 Å². The number of allylic oxidation sites excluding steroid dienone is 1. The molecule has 0 heterocycles. The molecule has 2 heteroatoms. The molecule has 0 unspecified atom stereocenters. The zero-order valence-corrected chi connectivity index (χ0v) is 13.4. The topological polar surface area (TPSA) is 23.8 Å². The highest BCUT2D eigenvalue weighted by molar-refractivity contribution is 6.93. The Labute approximate surface area is 119 Å². The quantitative estimate of drug-likeness (QED) is 0.527. The predicted octanol–water partition coefficient (Wildman–Crippen LogP) is 4.54. The van der Waals surface area contributed by atoms with Gasteiger partial charge in [0.1, 0.15) is 8.07 Å². The molecule has 0 saturated carbocycles. The van der Waals surface area contributed by atoms with Crippen LogP contribution in [0.4, 0.5) is 0 Å². The highest BCUT2D eigenvalue weighted by Gasteiger charge is 2.19. The van der Waals surface area contributed by atoms with Crippen LogP contribution >= 0.6 is 0 Å². The van der Waals surface area contributed by atoms with E-state index in [2.05, 4.69) is 50.0 Å². The Bertz CT molecular complexity index is 437. The number of benzene rings is 1. The minimum Gasteiger partial charge on any atom is -0.192 e. The lowest BCUT2D eigenvalue weighted by atomic mass is 10.2. The molecule has 1 aromatic carbocycles. The molecule has 0 aliphatic heterocycles. The van der Waals surface area contributed by atoms with E-state index in [1.54, 1.807) is 0 Å². The second kappa shape index (κ2) is 7.96. The Morgan fingerprint density at radius 2 is 1.79 bits per heavy atom. The SMILES string of the molecule is CCCCCC/C=C/[Si](C)(C)c1ccc(C#N)cc1. The van der Waals surface area contributed by atoms with Crippen LogP contribution in [-0.4, -0.2) is 8.07 Å². The summed E-state index contributed by atoms with van der Waals surface area (Å²) >= 11 is 0. The van der Waals surface area contributed by atoms with Gasteiger partial charge in [-0.25, -0.2) is 0 Å². The first-order valence-corrected chi connectivity index (χ1v) is 10.4. The van der Waals surface area contributed by atoms with Crippen LogP contribution in [0.15, 0.2) is 36.0 Å². The average molecular weight is 271 g/mol. The monoisotopic (exact) mass is 271 g/mol. The van der Waals surface area contributed by atoms with Crippen molar-refractivity contribution in [3.8, 4) is 6.07 Å². The third-order valence-electron chi connectivity index (χ3n) is 3.52. The maximum Gasteiger partial charge on any atom is 0.103 e. The van der Waals surface area contributed by atoms with Crippen molar-refractivity contribution >= 4 is 13.3 Å². The number of unbranched alkanes of at least 4 members (excludes halogenated alkanes) is 4. The van der Waals surface area contributed by atoms with E-state index in [1.165, 1.54) is 37.3 Å². The first-order valence-electron chi connectivity index (χ1n) is 7.28. The van der Waals surface area contributed by atoms with E-state index < -0.39 is 8.07 Å². The number of nitrogens with zero attached hydrogens (tertiary/aromatic N) is 1. The van der Waals surface area contributed by atoms with Gasteiger partial charge < -0.3 is 0 Å². The molecule has 19 heavy (non-hydrogen) atoms. The Morgan fingerprint density at radius 1 is 1.11 bits per heavy atom. The van der Waals surface area contributed by atoms with Gasteiger partial charge in [-0.2, -0.15) is 5.26 Å². The van der Waals surface area contributed by atoms with Crippen LogP contribution in [0.25, 0.3) is 0 Å². The van der Waals surface area contributed by atoms with Crippen LogP contribution < -0.4 is 5.19 Å². The van der Waals surface area contributed by atoms with Crippen molar-refractivity contribution in [2.24, 2.45) is 0 Å². The largest absolute Gasteiger partial charge is 0.192 e. The van der Waals surface area contributed by atoms with Crippen molar-refractivity contribution in [3.05, 3.63) is 41.6 Å². The zero-order valence-electron chi connectivity index (χ0n) is 12.4. The predicted molar refractivity (Wildman–Crippen MR) is 86.2 cm³/mol. The summed E-state index contributed by atoms with van der Waals surface area (Å²) in [4.78, 5) is 0. The van der Waals surface area contributed by atoms with Gasteiger partial charge in [-0.05, 0) is 25.0 Å². The Morgan fingerprint density at radius 3 is 2.37 bits per heavy atom. The molecule has 0 amide bonds. The second-order valence-electron chi connectivity index (χ2n) is 5.66. The lowest BCUT2D eigenvalue weighted by Crippen LogP contribution is -2.39. The summed E-state index contributed by atoms with van der Waals surface area (Å²) in [7, 11) is -1.47. The summed E-state index contributed by atoms with van der Waals surface area (Å²) in [5.41, 5.74) is 3.18. The van der Waals surface area contributed by atoms with Gasteiger partial charge in [0.05, 0.1) is 11.6 Å². The molecule has 0 radical (unpaired) electrons. The van der Waals surface area contributed by atoms with Crippen molar-refractivity contribution in [1.29, 1.82) is 5.26 Å². The second-order valence-corrected chi connectivity index (χ2v) is 10.0. The first-order chi connectivity index (χ1) is 9.10. The molecule has 0 atom stereocenters. The van der Waals surface area contributed by atoms with Crippen LogP contribution in [0.2, 0.25) is 13.1 Å². The lowest BCUT2D eigenvalue weighted by molar-refractivity contribution is 0.674. The summed E-state index contributed by atoms with van der Waals surface area (Å²) in [5, 5.41) is 10.2. The van der Waals surface area contributed by atoms with Gasteiger partial charge in [-0.15, -0.1) is 0 Å². The zero-order chi connectivity index (χ0) is 14.1. The van der Waals surface area contributed by atoms with Gasteiger partial charge in [-0.1, -0.05) is 68.4 Å². The van der Waals surface area contributed by atoms with Crippen molar-refractivity contribution in [1.82, 2.24) is 0 Å². The Hall–Kier alpha value is -1.33. The number of hydrogen-bond donors (Lipinski definition) is 0. The van der Waals surface area contributed by atoms with Crippen LogP contribution in [0.3, 0.4) is 0 Å². The Kier molecular flexibility index (Phi) is 6.59. The van der Waals surface area contributed by atoms with E-state index in [1.807, 2.05) is 12.1 Å². The van der Waals surface area contributed by atoms with E-state index >= 15 is 0 Å².